The van der Waals surface area contributed by atoms with Gasteiger partial charge in [0.2, 0.25) is 5.95 Å². The Balaban J connectivity index is 1.87. The number of hydrogen-bond donors (Lipinski definition) is 2. The van der Waals surface area contributed by atoms with E-state index in [0.717, 1.165) is 39.6 Å². The fourth-order valence-electron chi connectivity index (χ4n) is 2.78. The number of aliphatic imine (C=N–C) groups is 1. The number of aromatic nitrogens is 2. The third kappa shape index (κ3) is 2.43. The Morgan fingerprint density at radius 3 is 2.71 bits per heavy atom. The van der Waals surface area contributed by atoms with Crippen molar-refractivity contribution in [3.8, 4) is 0 Å². The third-order valence-corrected chi connectivity index (χ3v) is 4.82. The maximum absolute atomic E-state index is 9.50. The molecule has 1 aromatic heterocycles. The number of rotatable bonds is 2. The molecular formula is C17H15N5OS. The van der Waals surface area contributed by atoms with Crippen molar-refractivity contribution in [2.75, 3.05) is 18.0 Å². The first-order chi connectivity index (χ1) is 11.8. The summed E-state index contributed by atoms with van der Waals surface area (Å²) in [5.41, 5.74) is 9.86. The molecule has 2 aromatic carbocycles. The summed E-state index contributed by atoms with van der Waals surface area (Å²) in [5.74, 6) is 1.36. The minimum Gasteiger partial charge on any atom is -0.410 e. The van der Waals surface area contributed by atoms with E-state index < -0.39 is 0 Å². The molecule has 1 aliphatic rings. The fourth-order valence-corrected chi connectivity index (χ4v) is 3.65. The van der Waals surface area contributed by atoms with E-state index in [0.29, 0.717) is 11.7 Å². The number of thioether (sulfide) groups is 1. The maximum atomic E-state index is 9.50. The molecule has 0 amide bonds. The minimum absolute atomic E-state index is 0.414. The van der Waals surface area contributed by atoms with Crippen LogP contribution < -0.4 is 5.73 Å². The molecule has 6 nitrogen and oxygen atoms in total. The average Bonchev–Trinajstić information content (AvgIpc) is 3.23. The zero-order chi connectivity index (χ0) is 16.5. The molecule has 0 fully saturated rings. The lowest BCUT2D eigenvalue weighted by Crippen LogP contribution is -2.10. The van der Waals surface area contributed by atoms with Gasteiger partial charge in [0.25, 0.3) is 0 Å². The second-order valence-corrected chi connectivity index (χ2v) is 6.40. The summed E-state index contributed by atoms with van der Waals surface area (Å²) in [7, 11) is 0. The van der Waals surface area contributed by atoms with Crippen LogP contribution in [0, 0.1) is 0 Å². The summed E-state index contributed by atoms with van der Waals surface area (Å²) in [6, 6.07) is 15.2. The van der Waals surface area contributed by atoms with Gasteiger partial charge in [-0.15, -0.1) is 0 Å². The highest BCUT2D eigenvalue weighted by Gasteiger charge is 2.18. The van der Waals surface area contributed by atoms with Crippen molar-refractivity contribution in [2.45, 2.75) is 0 Å². The zero-order valence-corrected chi connectivity index (χ0v) is 13.6. The number of nitrogen functional groups attached to an aromatic ring is 1. The summed E-state index contributed by atoms with van der Waals surface area (Å²) in [4.78, 5) is 8.89. The molecule has 3 aromatic rings. The summed E-state index contributed by atoms with van der Waals surface area (Å²) in [5, 5.41) is 13.8. The van der Waals surface area contributed by atoms with Gasteiger partial charge in [-0.25, -0.2) is 4.98 Å². The van der Waals surface area contributed by atoms with Crippen LogP contribution in [-0.4, -0.2) is 37.9 Å². The van der Waals surface area contributed by atoms with Crippen molar-refractivity contribution >= 4 is 39.6 Å². The van der Waals surface area contributed by atoms with Crippen molar-refractivity contribution in [3.05, 3.63) is 59.7 Å². The molecule has 0 spiro atoms. The van der Waals surface area contributed by atoms with Crippen LogP contribution in [0.5, 0.6) is 0 Å². The number of oxime groups is 1. The number of nitrogens with zero attached hydrogens (tertiary/aromatic N) is 4. The highest BCUT2D eigenvalue weighted by atomic mass is 32.2. The molecule has 4 rings (SSSR count). The van der Waals surface area contributed by atoms with E-state index in [1.165, 1.54) is 0 Å². The first-order valence-corrected chi connectivity index (χ1v) is 8.50. The van der Waals surface area contributed by atoms with E-state index >= 15 is 0 Å². The molecule has 0 bridgehead atoms. The van der Waals surface area contributed by atoms with E-state index in [4.69, 9.17) is 5.73 Å². The number of fused-ring (bicyclic) bond motifs is 1. The predicted molar refractivity (Wildman–Crippen MR) is 98.2 cm³/mol. The fraction of sp³-hybridized carbons (Fsp3) is 0.118. The van der Waals surface area contributed by atoms with Crippen LogP contribution in [0.3, 0.4) is 0 Å². The van der Waals surface area contributed by atoms with Crippen LogP contribution in [0.2, 0.25) is 0 Å². The molecule has 3 N–H and O–H groups in total. The van der Waals surface area contributed by atoms with E-state index in [1.807, 2.05) is 53.1 Å². The van der Waals surface area contributed by atoms with Crippen molar-refractivity contribution in [2.24, 2.45) is 10.1 Å². The Hall–Kier alpha value is -2.80. The quantitative estimate of drug-likeness (QED) is 0.427. The zero-order valence-electron chi connectivity index (χ0n) is 12.8. The Bertz CT molecular complexity index is 962. The van der Waals surface area contributed by atoms with Gasteiger partial charge < -0.3 is 10.9 Å². The van der Waals surface area contributed by atoms with E-state index in [-0.39, 0.29) is 0 Å². The normalized spacial score (nSPS) is 15.0. The second kappa shape index (κ2) is 6.01. The molecule has 0 aliphatic carbocycles. The molecule has 2 heterocycles. The SMILES string of the molecule is Nc1nc2ccc(C(=NO)c3ccccc3)cc2n1C1=NCCS1. The number of imidazole rings is 1. The number of anilines is 1. The van der Waals surface area contributed by atoms with E-state index in [9.17, 15) is 5.21 Å². The Morgan fingerprint density at radius 2 is 2.00 bits per heavy atom. The maximum Gasteiger partial charge on any atom is 0.207 e. The first kappa shape index (κ1) is 14.8. The van der Waals surface area contributed by atoms with Crippen LogP contribution in [0.15, 0.2) is 58.7 Å². The lowest BCUT2D eigenvalue weighted by atomic mass is 10.0. The predicted octanol–water partition coefficient (Wildman–Crippen LogP) is 2.80. The molecule has 0 atom stereocenters. The van der Waals surface area contributed by atoms with Gasteiger partial charge >= 0.3 is 0 Å². The van der Waals surface area contributed by atoms with E-state index in [2.05, 4.69) is 15.1 Å². The van der Waals surface area contributed by atoms with Crippen LogP contribution in [0.4, 0.5) is 5.95 Å². The third-order valence-electron chi connectivity index (χ3n) is 3.86. The monoisotopic (exact) mass is 337 g/mol. The van der Waals surface area contributed by atoms with Crippen molar-refractivity contribution in [3.63, 3.8) is 0 Å². The molecule has 0 unspecified atom stereocenters. The highest BCUT2D eigenvalue weighted by Crippen LogP contribution is 2.25. The average molecular weight is 337 g/mol. The molecule has 120 valence electrons. The molecule has 24 heavy (non-hydrogen) atoms. The summed E-state index contributed by atoms with van der Waals surface area (Å²) in [6.07, 6.45) is 0. The van der Waals surface area contributed by atoms with Gasteiger partial charge in [-0.1, -0.05) is 53.3 Å². The Kier molecular flexibility index (Phi) is 3.70. The van der Waals surface area contributed by atoms with Gasteiger partial charge in [0.1, 0.15) is 5.71 Å². The lowest BCUT2D eigenvalue weighted by Gasteiger charge is -2.07. The molecule has 0 radical (unpaired) electrons. The Labute approximate surface area is 142 Å². The van der Waals surface area contributed by atoms with Gasteiger partial charge in [-0.3, -0.25) is 9.56 Å². The first-order valence-electron chi connectivity index (χ1n) is 7.51. The van der Waals surface area contributed by atoms with Gasteiger partial charge in [-0.05, 0) is 12.1 Å². The topological polar surface area (TPSA) is 88.8 Å². The Morgan fingerprint density at radius 1 is 1.17 bits per heavy atom. The van der Waals surface area contributed by atoms with Crippen molar-refractivity contribution in [1.29, 1.82) is 0 Å². The smallest absolute Gasteiger partial charge is 0.207 e. The number of benzene rings is 2. The molecule has 0 saturated carbocycles. The second-order valence-electron chi connectivity index (χ2n) is 5.34. The van der Waals surface area contributed by atoms with Gasteiger partial charge in [0.15, 0.2) is 5.17 Å². The van der Waals surface area contributed by atoms with Crippen molar-refractivity contribution < 1.29 is 5.21 Å². The summed E-state index contributed by atoms with van der Waals surface area (Å²) >= 11 is 1.66. The summed E-state index contributed by atoms with van der Waals surface area (Å²) < 4.78 is 1.86. The largest absolute Gasteiger partial charge is 0.410 e. The molecule has 1 aliphatic heterocycles. The minimum atomic E-state index is 0.414. The lowest BCUT2D eigenvalue weighted by molar-refractivity contribution is 0.319. The van der Waals surface area contributed by atoms with Gasteiger partial charge in [0, 0.05) is 16.9 Å². The summed E-state index contributed by atoms with van der Waals surface area (Å²) in [6.45, 7) is 0.784. The van der Waals surface area contributed by atoms with Crippen LogP contribution >= 0.6 is 11.8 Å². The van der Waals surface area contributed by atoms with Gasteiger partial charge in [0.05, 0.1) is 17.6 Å². The van der Waals surface area contributed by atoms with E-state index in [1.54, 1.807) is 11.8 Å². The molecule has 0 saturated heterocycles. The number of nitrogens with two attached hydrogens (primary N) is 1. The molecule has 7 heteroatoms. The highest BCUT2D eigenvalue weighted by molar-refractivity contribution is 8.14. The van der Waals surface area contributed by atoms with Gasteiger partial charge in [-0.2, -0.15) is 0 Å². The van der Waals surface area contributed by atoms with Crippen LogP contribution in [-0.2, 0) is 0 Å². The number of hydrogen-bond acceptors (Lipinski definition) is 6. The molecular weight excluding hydrogens is 322 g/mol. The standard InChI is InChI=1S/C17H15N5OS/c18-16-20-13-7-6-12(15(21-23)11-4-2-1-3-5-11)10-14(13)22(16)17-19-8-9-24-17/h1-7,10,23H,8-9H2,(H2,18,20). The van der Waals surface area contributed by atoms with Crippen LogP contribution in [0.25, 0.3) is 11.0 Å². The van der Waals surface area contributed by atoms with Crippen molar-refractivity contribution in [1.82, 2.24) is 9.55 Å². The van der Waals surface area contributed by atoms with Crippen LogP contribution in [0.1, 0.15) is 11.1 Å².